The van der Waals surface area contributed by atoms with Gasteiger partial charge in [0.2, 0.25) is 0 Å². The van der Waals surface area contributed by atoms with E-state index >= 15 is 0 Å². The number of aryl methyl sites for hydroxylation is 1. The minimum absolute atomic E-state index is 0.434. The fourth-order valence-electron chi connectivity index (χ4n) is 5.74. The van der Waals surface area contributed by atoms with Crippen molar-refractivity contribution in [2.75, 3.05) is 51.0 Å². The zero-order valence-electron chi connectivity index (χ0n) is 28.4. The van der Waals surface area contributed by atoms with E-state index in [-0.39, 0.29) is 0 Å². The van der Waals surface area contributed by atoms with Gasteiger partial charge >= 0.3 is 0 Å². The molecule has 246 valence electrons. The topological polar surface area (TPSA) is 68.1 Å². The van der Waals surface area contributed by atoms with Gasteiger partial charge in [0.25, 0.3) is 0 Å². The Morgan fingerprint density at radius 1 is 0.978 bits per heavy atom. The predicted octanol–water partition coefficient (Wildman–Crippen LogP) is 7.74. The maximum Gasteiger partial charge on any atom is 0.191 e. The second kappa shape index (κ2) is 14.4. The van der Waals surface area contributed by atoms with Crippen LogP contribution in [-0.2, 0) is 20.8 Å². The molecule has 12 heteroatoms. The van der Waals surface area contributed by atoms with Gasteiger partial charge in [-0.05, 0) is 58.7 Å². The first-order chi connectivity index (χ1) is 21.4. The van der Waals surface area contributed by atoms with Crippen LogP contribution in [0.1, 0.15) is 25.7 Å². The van der Waals surface area contributed by atoms with Gasteiger partial charge in [0.15, 0.2) is 6.17 Å². The minimum Gasteiger partial charge on any atom is -0.378 e. The van der Waals surface area contributed by atoms with Crippen molar-refractivity contribution in [1.29, 1.82) is 0 Å². The number of para-hydroxylation sites is 1. The van der Waals surface area contributed by atoms with E-state index in [1.165, 1.54) is 0 Å². The van der Waals surface area contributed by atoms with E-state index < -0.39 is 22.3 Å². The van der Waals surface area contributed by atoms with E-state index in [0.29, 0.717) is 26.4 Å². The van der Waals surface area contributed by atoms with Gasteiger partial charge in [-0.25, -0.2) is 4.68 Å². The van der Waals surface area contributed by atoms with Crippen molar-refractivity contribution in [1.82, 2.24) is 24.9 Å². The quantitative estimate of drug-likeness (QED) is 0.132. The van der Waals surface area contributed by atoms with Gasteiger partial charge in [0.05, 0.1) is 42.1 Å². The Morgan fingerprint density at radius 3 is 2.22 bits per heavy atom. The highest BCUT2D eigenvalue weighted by Crippen LogP contribution is 2.47. The summed E-state index contributed by atoms with van der Waals surface area (Å²) >= 11 is 4.11. The second-order valence-corrected chi connectivity index (χ2v) is 26.4. The maximum absolute atomic E-state index is 6.61. The van der Waals surface area contributed by atoms with Crippen LogP contribution in [0.15, 0.2) is 46.8 Å². The second-order valence-electron chi connectivity index (χ2n) is 14.3. The molecule has 1 atom stereocenters. The molecule has 0 spiro atoms. The number of halogens is 1. The molecular weight excluding hydrogens is 664 g/mol. The van der Waals surface area contributed by atoms with E-state index in [1.807, 2.05) is 12.3 Å². The van der Waals surface area contributed by atoms with Crippen LogP contribution < -0.4 is 4.90 Å². The van der Waals surface area contributed by atoms with Gasteiger partial charge in [0.1, 0.15) is 11.6 Å². The Hall–Kier alpha value is -2.07. The average molecular weight is 716 g/mol. The van der Waals surface area contributed by atoms with Crippen LogP contribution in [0.25, 0.3) is 22.0 Å². The molecule has 5 rings (SSSR count). The zero-order chi connectivity index (χ0) is 32.4. The SMILES string of the molecule is CCc1nn2c(c1-c1cnc3ccccc3c1)N(CC)C(N1CCOCC1)=C(Br)C2N(OCC[Si](C)(C)C)OCC[Si](C)(C)C. The number of hydrogen-bond acceptors (Lipinski definition) is 8. The molecule has 2 aliphatic rings. The highest BCUT2D eigenvalue weighted by Gasteiger charge is 2.42. The highest BCUT2D eigenvalue weighted by molar-refractivity contribution is 9.11. The number of hydrogen-bond donors (Lipinski definition) is 0. The van der Waals surface area contributed by atoms with E-state index in [2.05, 4.69) is 108 Å². The minimum atomic E-state index is -1.34. The molecule has 2 aromatic heterocycles. The molecule has 0 saturated carbocycles. The molecule has 0 radical (unpaired) electrons. The fourth-order valence-corrected chi connectivity index (χ4v) is 7.98. The molecule has 3 aromatic rings. The van der Waals surface area contributed by atoms with Gasteiger partial charge < -0.3 is 14.5 Å². The number of fused-ring (bicyclic) bond motifs is 2. The van der Waals surface area contributed by atoms with E-state index in [9.17, 15) is 0 Å². The third-order valence-corrected chi connectivity index (χ3v) is 12.5. The highest BCUT2D eigenvalue weighted by atomic mass is 79.9. The first-order valence-electron chi connectivity index (χ1n) is 16.4. The molecule has 4 heterocycles. The summed E-state index contributed by atoms with van der Waals surface area (Å²) in [7, 11) is -2.68. The van der Waals surface area contributed by atoms with Gasteiger partial charge in [-0.1, -0.05) is 64.4 Å². The number of pyridine rings is 1. The largest absolute Gasteiger partial charge is 0.378 e. The number of rotatable bonds is 13. The number of anilines is 1. The van der Waals surface area contributed by atoms with Crippen molar-refractivity contribution in [3.05, 3.63) is 52.5 Å². The molecule has 2 aliphatic heterocycles. The number of hydroxylamine groups is 2. The van der Waals surface area contributed by atoms with Crippen molar-refractivity contribution < 1.29 is 14.4 Å². The van der Waals surface area contributed by atoms with Crippen LogP contribution in [0.2, 0.25) is 51.4 Å². The summed E-state index contributed by atoms with van der Waals surface area (Å²) in [4.78, 5) is 22.9. The van der Waals surface area contributed by atoms with Gasteiger partial charge in [-0.3, -0.25) is 14.7 Å². The van der Waals surface area contributed by atoms with Crippen LogP contribution in [0, 0.1) is 0 Å². The Balaban J connectivity index is 1.68. The molecule has 9 nitrogen and oxygen atoms in total. The third kappa shape index (κ3) is 7.91. The Bertz CT molecular complexity index is 1480. The summed E-state index contributed by atoms with van der Waals surface area (Å²) in [5.41, 5.74) is 4.19. The van der Waals surface area contributed by atoms with Crippen molar-refractivity contribution in [3.63, 3.8) is 0 Å². The Labute approximate surface area is 279 Å². The monoisotopic (exact) mass is 714 g/mol. The van der Waals surface area contributed by atoms with Gasteiger partial charge in [-0.15, -0.1) is 0 Å². The molecule has 0 bridgehead atoms. The standard InChI is InChI=1S/C33H51BrN6O3Si2/c1-9-27-29(26-23-25-13-11-12-14-28(25)35-24-26)31-38(10-2)32(37-15-17-41-18-16-37)30(34)33(39(31)36-27)40(42-19-21-44(3,4)5)43-20-22-45(6,7)8/h11-14,23-24,33H,9-10,15-22H2,1-8H3. The van der Waals surface area contributed by atoms with Gasteiger partial charge in [-0.2, -0.15) is 5.10 Å². The normalized spacial score (nSPS) is 18.0. The fraction of sp³-hybridized carbons (Fsp3) is 0.576. The molecule has 1 saturated heterocycles. The van der Waals surface area contributed by atoms with Crippen LogP contribution in [-0.4, -0.2) is 87.1 Å². The molecular formula is C33H51BrN6O3Si2. The predicted molar refractivity (Wildman–Crippen MR) is 193 cm³/mol. The molecule has 0 aliphatic carbocycles. The average Bonchev–Trinajstić information content (AvgIpc) is 3.38. The van der Waals surface area contributed by atoms with Crippen molar-refractivity contribution in [3.8, 4) is 11.1 Å². The molecule has 0 N–H and O–H groups in total. The van der Waals surface area contributed by atoms with Crippen LogP contribution in [0.4, 0.5) is 5.82 Å². The number of ether oxygens (including phenoxy) is 1. The van der Waals surface area contributed by atoms with Crippen molar-refractivity contribution in [2.24, 2.45) is 0 Å². The van der Waals surface area contributed by atoms with Gasteiger partial charge in [0, 0.05) is 58.5 Å². The third-order valence-electron chi connectivity index (χ3n) is 8.32. The Morgan fingerprint density at radius 2 is 1.62 bits per heavy atom. The molecule has 1 aromatic carbocycles. The zero-order valence-corrected chi connectivity index (χ0v) is 32.0. The number of morpholine rings is 1. The lowest BCUT2D eigenvalue weighted by Crippen LogP contribution is -2.48. The van der Waals surface area contributed by atoms with E-state index in [4.69, 9.17) is 24.5 Å². The smallest absolute Gasteiger partial charge is 0.191 e. The summed E-state index contributed by atoms with van der Waals surface area (Å²) in [5, 5.41) is 8.19. The summed E-state index contributed by atoms with van der Waals surface area (Å²) in [6.45, 7) is 23.6. The van der Waals surface area contributed by atoms with Crippen LogP contribution >= 0.6 is 15.9 Å². The van der Waals surface area contributed by atoms with Crippen LogP contribution in [0.3, 0.4) is 0 Å². The molecule has 45 heavy (non-hydrogen) atoms. The summed E-state index contributed by atoms with van der Waals surface area (Å²) in [6, 6.07) is 12.6. The maximum atomic E-state index is 6.61. The lowest BCUT2D eigenvalue weighted by Gasteiger charge is -2.44. The molecule has 0 amide bonds. The summed E-state index contributed by atoms with van der Waals surface area (Å²) in [6.07, 6.45) is 2.34. The van der Waals surface area contributed by atoms with Crippen molar-refractivity contribution >= 4 is 48.8 Å². The summed E-state index contributed by atoms with van der Waals surface area (Å²) < 4.78 is 8.88. The molecule has 1 fully saturated rings. The number of aromatic nitrogens is 3. The summed E-state index contributed by atoms with van der Waals surface area (Å²) in [5.74, 6) is 2.15. The number of benzene rings is 1. The Kier molecular flexibility index (Phi) is 10.9. The lowest BCUT2D eigenvalue weighted by atomic mass is 10.0. The first-order valence-corrected chi connectivity index (χ1v) is 24.6. The van der Waals surface area contributed by atoms with Crippen LogP contribution in [0.5, 0.6) is 0 Å². The van der Waals surface area contributed by atoms with E-state index in [0.717, 1.165) is 82.0 Å². The lowest BCUT2D eigenvalue weighted by molar-refractivity contribution is -0.392. The number of nitrogens with zero attached hydrogens (tertiary/aromatic N) is 6. The molecule has 1 unspecified atom stereocenters. The van der Waals surface area contributed by atoms with Crippen molar-refractivity contribution in [2.45, 2.75) is 77.8 Å². The first kappa shape index (κ1) is 34.3. The van der Waals surface area contributed by atoms with E-state index in [1.54, 1.807) is 5.23 Å².